The first-order valence-electron chi connectivity index (χ1n) is 4.40. The van der Waals surface area contributed by atoms with Crippen molar-refractivity contribution in [1.82, 2.24) is 0 Å². The van der Waals surface area contributed by atoms with Crippen LogP contribution in [0.4, 0.5) is 0 Å². The first-order valence-corrected chi connectivity index (χ1v) is 6.36. The largest absolute Gasteiger partial charge is 0.294 e. The van der Waals surface area contributed by atoms with Crippen molar-refractivity contribution in [2.45, 2.75) is 26.7 Å². The average molecular weight is 308 g/mol. The summed E-state index contributed by atoms with van der Waals surface area (Å²) in [5.41, 5.74) is 0.884. The second kappa shape index (κ2) is 5.10. The van der Waals surface area contributed by atoms with Crippen LogP contribution in [-0.2, 0) is 0 Å². The molecular weight excluding hydrogens is 295 g/mol. The molecule has 1 nitrogen and oxygen atoms in total. The minimum Gasteiger partial charge on any atom is -0.294 e. The van der Waals surface area contributed by atoms with E-state index in [1.165, 1.54) is 2.88 Å². The second-order valence-electron chi connectivity index (χ2n) is 3.28. The van der Waals surface area contributed by atoms with Crippen molar-refractivity contribution in [3.63, 3.8) is 0 Å². The van der Waals surface area contributed by atoms with Crippen LogP contribution in [0.15, 0.2) is 11.4 Å². The molecule has 0 aromatic carbocycles. The number of rotatable bonds is 4. The van der Waals surface area contributed by atoms with E-state index >= 15 is 0 Å². The topological polar surface area (TPSA) is 17.1 Å². The highest BCUT2D eigenvalue weighted by molar-refractivity contribution is 14.1. The highest BCUT2D eigenvalue weighted by atomic mass is 127. The van der Waals surface area contributed by atoms with Crippen molar-refractivity contribution in [3.8, 4) is 0 Å². The summed E-state index contributed by atoms with van der Waals surface area (Å²) in [5.74, 6) is 0.790. The minimum absolute atomic E-state index is 0.286. The molecule has 0 aliphatic rings. The van der Waals surface area contributed by atoms with Gasteiger partial charge in [0.25, 0.3) is 0 Å². The van der Waals surface area contributed by atoms with Crippen molar-refractivity contribution in [2.24, 2.45) is 5.92 Å². The van der Waals surface area contributed by atoms with Crippen LogP contribution < -0.4 is 0 Å². The number of hydrogen-bond acceptors (Lipinski definition) is 2. The van der Waals surface area contributed by atoms with E-state index in [0.717, 1.165) is 12.0 Å². The molecule has 1 unspecified atom stereocenters. The second-order valence-corrected chi connectivity index (χ2v) is 6.09. The van der Waals surface area contributed by atoms with Gasteiger partial charge in [0.05, 0.1) is 2.88 Å². The predicted molar refractivity (Wildman–Crippen MR) is 65.4 cm³/mol. The molecule has 0 bridgehead atoms. The molecule has 0 spiro atoms. The smallest absolute Gasteiger partial charge is 0.164 e. The number of thiophene rings is 1. The minimum atomic E-state index is 0.286. The number of hydrogen-bond donors (Lipinski definition) is 0. The third-order valence-corrected chi connectivity index (χ3v) is 3.91. The van der Waals surface area contributed by atoms with Crippen LogP contribution in [0, 0.1) is 8.80 Å². The Labute approximate surface area is 96.7 Å². The Morgan fingerprint density at radius 1 is 1.69 bits per heavy atom. The van der Waals surface area contributed by atoms with E-state index in [2.05, 4.69) is 36.4 Å². The molecular formula is C10H13IOS. The normalized spacial score (nSPS) is 12.8. The average Bonchev–Trinajstić information content (AvgIpc) is 2.51. The molecule has 0 aliphatic carbocycles. The molecule has 0 saturated carbocycles. The number of ketones is 1. The molecule has 72 valence electrons. The van der Waals surface area contributed by atoms with Crippen molar-refractivity contribution in [1.29, 1.82) is 0 Å². The van der Waals surface area contributed by atoms with E-state index in [0.29, 0.717) is 12.3 Å². The van der Waals surface area contributed by atoms with Gasteiger partial charge in [-0.1, -0.05) is 20.3 Å². The molecule has 0 amide bonds. The van der Waals surface area contributed by atoms with E-state index in [4.69, 9.17) is 0 Å². The SMILES string of the molecule is CCC(C)CC(=O)c1csc(I)c1. The molecule has 0 aliphatic heterocycles. The molecule has 1 heterocycles. The highest BCUT2D eigenvalue weighted by Gasteiger charge is 2.11. The van der Waals surface area contributed by atoms with Gasteiger partial charge >= 0.3 is 0 Å². The lowest BCUT2D eigenvalue weighted by atomic mass is 9.99. The van der Waals surface area contributed by atoms with Crippen molar-refractivity contribution in [3.05, 3.63) is 19.9 Å². The summed E-state index contributed by atoms with van der Waals surface area (Å²) >= 11 is 3.88. The summed E-state index contributed by atoms with van der Waals surface area (Å²) in [6, 6.07) is 1.97. The lowest BCUT2D eigenvalue weighted by molar-refractivity contribution is 0.0964. The van der Waals surface area contributed by atoms with Crippen LogP contribution in [0.1, 0.15) is 37.0 Å². The maximum atomic E-state index is 11.6. The fourth-order valence-corrected chi connectivity index (χ4v) is 2.39. The van der Waals surface area contributed by atoms with E-state index in [1.807, 2.05) is 11.4 Å². The van der Waals surface area contributed by atoms with Crippen LogP contribution >= 0.6 is 33.9 Å². The Morgan fingerprint density at radius 3 is 2.85 bits per heavy atom. The molecule has 0 N–H and O–H groups in total. The molecule has 1 rings (SSSR count). The van der Waals surface area contributed by atoms with Crippen LogP contribution in [-0.4, -0.2) is 5.78 Å². The molecule has 3 heteroatoms. The van der Waals surface area contributed by atoms with E-state index in [9.17, 15) is 4.79 Å². The standard InChI is InChI=1S/C10H13IOS/c1-3-7(2)4-9(12)8-5-10(11)13-6-8/h5-7H,3-4H2,1-2H3. The quantitative estimate of drug-likeness (QED) is 0.607. The molecule has 1 atom stereocenters. The molecule has 1 aromatic rings. The van der Waals surface area contributed by atoms with Gasteiger partial charge in [-0.15, -0.1) is 11.3 Å². The van der Waals surface area contributed by atoms with Crippen LogP contribution in [0.25, 0.3) is 0 Å². The Bertz CT molecular complexity index is 293. The zero-order valence-electron chi connectivity index (χ0n) is 7.84. The van der Waals surface area contributed by atoms with Crippen LogP contribution in [0.5, 0.6) is 0 Å². The molecule has 13 heavy (non-hydrogen) atoms. The van der Waals surface area contributed by atoms with Gasteiger partial charge < -0.3 is 0 Å². The predicted octanol–water partition coefficient (Wildman–Crippen LogP) is 3.97. The lowest BCUT2D eigenvalue weighted by Gasteiger charge is -2.04. The van der Waals surface area contributed by atoms with Gasteiger partial charge in [-0.3, -0.25) is 4.79 Å². The molecule has 0 fully saturated rings. The third-order valence-electron chi connectivity index (χ3n) is 2.12. The Morgan fingerprint density at radius 2 is 2.38 bits per heavy atom. The van der Waals surface area contributed by atoms with Gasteiger partial charge in [0.15, 0.2) is 5.78 Å². The molecule has 0 radical (unpaired) electrons. The first kappa shape index (κ1) is 11.2. The summed E-state index contributed by atoms with van der Waals surface area (Å²) < 4.78 is 1.19. The van der Waals surface area contributed by atoms with E-state index < -0.39 is 0 Å². The maximum absolute atomic E-state index is 11.6. The number of halogens is 1. The molecule has 1 aromatic heterocycles. The van der Waals surface area contributed by atoms with Crippen molar-refractivity contribution >= 4 is 39.7 Å². The number of carbonyl (C=O) groups is 1. The zero-order valence-corrected chi connectivity index (χ0v) is 10.8. The lowest BCUT2D eigenvalue weighted by Crippen LogP contribution is -2.03. The van der Waals surface area contributed by atoms with Crippen molar-refractivity contribution < 1.29 is 4.79 Å². The van der Waals surface area contributed by atoms with Crippen LogP contribution in [0.3, 0.4) is 0 Å². The van der Waals surface area contributed by atoms with Gasteiger partial charge in [0.2, 0.25) is 0 Å². The monoisotopic (exact) mass is 308 g/mol. The zero-order chi connectivity index (χ0) is 9.84. The fraction of sp³-hybridized carbons (Fsp3) is 0.500. The first-order chi connectivity index (χ1) is 6.13. The maximum Gasteiger partial charge on any atom is 0.164 e. The van der Waals surface area contributed by atoms with Gasteiger partial charge in [-0.25, -0.2) is 0 Å². The highest BCUT2D eigenvalue weighted by Crippen LogP contribution is 2.19. The summed E-state index contributed by atoms with van der Waals surface area (Å²) in [7, 11) is 0. The van der Waals surface area contributed by atoms with Gasteiger partial charge in [-0.2, -0.15) is 0 Å². The van der Waals surface area contributed by atoms with Crippen LogP contribution in [0.2, 0.25) is 0 Å². The Kier molecular flexibility index (Phi) is 4.38. The third kappa shape index (κ3) is 3.38. The summed E-state index contributed by atoms with van der Waals surface area (Å²) in [4.78, 5) is 11.6. The summed E-state index contributed by atoms with van der Waals surface area (Å²) in [6.45, 7) is 4.24. The fourth-order valence-electron chi connectivity index (χ4n) is 1.03. The number of Topliss-reactive ketones (excluding diaryl/α,β-unsaturated/α-hetero) is 1. The number of carbonyl (C=O) groups excluding carboxylic acids is 1. The summed E-state index contributed by atoms with van der Waals surface area (Å²) in [6.07, 6.45) is 1.76. The van der Waals surface area contributed by atoms with Crippen molar-refractivity contribution in [2.75, 3.05) is 0 Å². The van der Waals surface area contributed by atoms with Gasteiger partial charge in [-0.05, 0) is 34.6 Å². The van der Waals surface area contributed by atoms with E-state index in [1.54, 1.807) is 11.3 Å². The van der Waals surface area contributed by atoms with Gasteiger partial charge in [0, 0.05) is 17.4 Å². The Hall–Kier alpha value is 0.1000. The Balaban J connectivity index is 2.58. The summed E-state index contributed by atoms with van der Waals surface area (Å²) in [5, 5.41) is 1.95. The van der Waals surface area contributed by atoms with Gasteiger partial charge in [0.1, 0.15) is 0 Å². The molecule has 0 saturated heterocycles. The van der Waals surface area contributed by atoms with E-state index in [-0.39, 0.29) is 5.78 Å².